The van der Waals surface area contributed by atoms with Crippen molar-refractivity contribution in [3.8, 4) is 0 Å². The van der Waals surface area contributed by atoms with Gasteiger partial charge in [-0.2, -0.15) is 10.2 Å². The number of hydrogen-bond acceptors (Lipinski definition) is 4. The molecule has 0 aliphatic rings. The van der Waals surface area contributed by atoms with Crippen molar-refractivity contribution in [3.05, 3.63) is 66.8 Å². The first-order chi connectivity index (χ1) is 13.0. The zero-order valence-electron chi connectivity index (χ0n) is 14.4. The van der Waals surface area contributed by atoms with Crippen LogP contribution in [0.3, 0.4) is 0 Å². The topological polar surface area (TPSA) is 82.9 Å². The summed E-state index contributed by atoms with van der Waals surface area (Å²) in [5.41, 5.74) is 6.72. The van der Waals surface area contributed by atoms with E-state index in [4.69, 9.17) is 0 Å². The van der Waals surface area contributed by atoms with Crippen LogP contribution in [0.5, 0.6) is 0 Å². The lowest BCUT2D eigenvalue weighted by Gasteiger charge is -2.01. The van der Waals surface area contributed by atoms with Crippen molar-refractivity contribution in [2.45, 2.75) is 19.3 Å². The molecule has 6 nitrogen and oxygen atoms in total. The van der Waals surface area contributed by atoms with Crippen molar-refractivity contribution in [2.24, 2.45) is 10.2 Å². The lowest BCUT2D eigenvalue weighted by Crippen LogP contribution is -2.20. The molecule has 2 aromatic carbocycles. The fraction of sp³-hybridized carbons (Fsp3) is 0.158. The van der Waals surface area contributed by atoms with Crippen LogP contribution in [-0.2, 0) is 9.59 Å². The van der Waals surface area contributed by atoms with Gasteiger partial charge in [-0.25, -0.2) is 10.9 Å². The van der Waals surface area contributed by atoms with Gasteiger partial charge in [-0.15, -0.1) is 0 Å². The van der Waals surface area contributed by atoms with Crippen LogP contribution in [0, 0.1) is 7.14 Å². The molecule has 140 valence electrons. The van der Waals surface area contributed by atoms with Crippen molar-refractivity contribution < 1.29 is 9.59 Å². The summed E-state index contributed by atoms with van der Waals surface area (Å²) in [6.45, 7) is 0. The lowest BCUT2D eigenvalue weighted by atomic mass is 10.2. The van der Waals surface area contributed by atoms with Crippen molar-refractivity contribution in [1.29, 1.82) is 0 Å². The number of hydrogen-bond donors (Lipinski definition) is 2. The Morgan fingerprint density at radius 3 is 1.48 bits per heavy atom. The second-order valence-electron chi connectivity index (χ2n) is 5.54. The van der Waals surface area contributed by atoms with Gasteiger partial charge in [0.15, 0.2) is 0 Å². The van der Waals surface area contributed by atoms with Gasteiger partial charge in [0.2, 0.25) is 11.8 Å². The summed E-state index contributed by atoms with van der Waals surface area (Å²) in [6, 6.07) is 15.5. The zero-order chi connectivity index (χ0) is 19.5. The molecule has 27 heavy (non-hydrogen) atoms. The molecule has 0 bridgehead atoms. The maximum Gasteiger partial charge on any atom is 0.240 e. The monoisotopic (exact) mass is 588 g/mol. The largest absolute Gasteiger partial charge is 0.273 e. The van der Waals surface area contributed by atoms with Gasteiger partial charge in [-0.1, -0.05) is 24.3 Å². The quantitative estimate of drug-likeness (QED) is 0.281. The summed E-state index contributed by atoms with van der Waals surface area (Å²) < 4.78 is 2.27. The molecule has 8 heteroatoms. The highest BCUT2D eigenvalue weighted by Gasteiger charge is 2.03. The number of halogens is 2. The van der Waals surface area contributed by atoms with Crippen LogP contribution in [0.2, 0.25) is 0 Å². The predicted molar refractivity (Wildman–Crippen MR) is 124 cm³/mol. The van der Waals surface area contributed by atoms with Gasteiger partial charge in [0.25, 0.3) is 0 Å². The summed E-state index contributed by atoms with van der Waals surface area (Å²) >= 11 is 4.44. The van der Waals surface area contributed by atoms with Crippen LogP contribution < -0.4 is 10.9 Å². The number of nitrogens with zero attached hydrogens (tertiary/aromatic N) is 2. The van der Waals surface area contributed by atoms with Crippen molar-refractivity contribution in [3.63, 3.8) is 0 Å². The average molecular weight is 588 g/mol. The number of amides is 2. The molecule has 0 saturated heterocycles. The molecule has 0 aliphatic carbocycles. The number of hydrazone groups is 2. The van der Waals surface area contributed by atoms with Crippen molar-refractivity contribution in [1.82, 2.24) is 10.9 Å². The third-order valence-electron chi connectivity index (χ3n) is 3.35. The van der Waals surface area contributed by atoms with Gasteiger partial charge in [0.1, 0.15) is 0 Å². The van der Waals surface area contributed by atoms with E-state index in [0.717, 1.165) is 18.3 Å². The zero-order valence-corrected chi connectivity index (χ0v) is 18.7. The fourth-order valence-electron chi connectivity index (χ4n) is 1.98. The molecule has 0 fully saturated rings. The molecule has 2 aromatic rings. The molecule has 0 aromatic heterocycles. The van der Waals surface area contributed by atoms with Gasteiger partial charge >= 0.3 is 0 Å². The molecule has 0 saturated carbocycles. The highest BCUT2D eigenvalue weighted by atomic mass is 127. The van der Waals surface area contributed by atoms with E-state index in [9.17, 15) is 9.59 Å². The number of benzene rings is 2. The minimum atomic E-state index is -0.230. The molecule has 0 spiro atoms. The molecule has 2 rings (SSSR count). The second-order valence-corrected chi connectivity index (χ2v) is 8.03. The Kier molecular flexibility index (Phi) is 9.39. The first kappa shape index (κ1) is 21.5. The standard InChI is InChI=1S/C19H18I2N4O2/c20-16-8-4-14(5-9-16)12-22-24-18(26)2-1-3-19(27)25-23-13-15-6-10-17(21)11-7-15/h4-13H,1-3H2,(H,24,26)(H,25,27)/b22-12-,23-13-. The Balaban J connectivity index is 1.61. The Bertz CT molecular complexity index is 749. The van der Waals surface area contributed by atoms with Gasteiger partial charge < -0.3 is 0 Å². The molecular weight excluding hydrogens is 570 g/mol. The van der Waals surface area contributed by atoms with Crippen LogP contribution in [0.15, 0.2) is 58.7 Å². The van der Waals surface area contributed by atoms with E-state index in [1.807, 2.05) is 48.5 Å². The first-order valence-electron chi connectivity index (χ1n) is 8.18. The maximum absolute atomic E-state index is 11.7. The second kappa shape index (κ2) is 11.8. The maximum atomic E-state index is 11.7. The molecule has 0 heterocycles. The Morgan fingerprint density at radius 2 is 1.11 bits per heavy atom. The van der Waals surface area contributed by atoms with Crippen LogP contribution >= 0.6 is 45.2 Å². The normalized spacial score (nSPS) is 11.0. The third-order valence-corrected chi connectivity index (χ3v) is 4.79. The third kappa shape index (κ3) is 9.09. The average Bonchev–Trinajstić information content (AvgIpc) is 2.65. The minimum Gasteiger partial charge on any atom is -0.273 e. The van der Waals surface area contributed by atoms with E-state index in [2.05, 4.69) is 66.2 Å². The SMILES string of the molecule is O=C(CCCC(=O)N/N=C\c1ccc(I)cc1)N/N=C\c1ccc(I)cc1. The number of nitrogens with one attached hydrogen (secondary N) is 2. The highest BCUT2D eigenvalue weighted by Crippen LogP contribution is 2.05. The Hall–Kier alpha value is -1.82. The summed E-state index contributed by atoms with van der Waals surface area (Å²) in [4.78, 5) is 23.4. The van der Waals surface area contributed by atoms with E-state index in [0.29, 0.717) is 6.42 Å². The van der Waals surface area contributed by atoms with Gasteiger partial charge in [0, 0.05) is 20.0 Å². The minimum absolute atomic E-state index is 0.221. The summed E-state index contributed by atoms with van der Waals surface area (Å²) in [5.74, 6) is -0.459. The van der Waals surface area contributed by atoms with Crippen LogP contribution in [0.1, 0.15) is 30.4 Å². The van der Waals surface area contributed by atoms with E-state index >= 15 is 0 Å². The lowest BCUT2D eigenvalue weighted by molar-refractivity contribution is -0.122. The summed E-state index contributed by atoms with van der Waals surface area (Å²) in [5, 5.41) is 7.81. The van der Waals surface area contributed by atoms with Gasteiger partial charge in [-0.3, -0.25) is 9.59 Å². The molecule has 0 aliphatic heterocycles. The molecular formula is C19H18I2N4O2. The van der Waals surface area contributed by atoms with Crippen LogP contribution in [0.4, 0.5) is 0 Å². The van der Waals surface area contributed by atoms with E-state index in [1.54, 1.807) is 12.4 Å². The predicted octanol–water partition coefficient (Wildman–Crippen LogP) is 3.67. The van der Waals surface area contributed by atoms with E-state index in [-0.39, 0.29) is 24.7 Å². The molecule has 0 radical (unpaired) electrons. The summed E-state index contributed by atoms with van der Waals surface area (Å²) in [6.07, 6.45) is 4.03. The molecule has 0 unspecified atom stereocenters. The van der Waals surface area contributed by atoms with Crippen molar-refractivity contribution >= 4 is 69.4 Å². The van der Waals surface area contributed by atoms with Crippen LogP contribution in [0.25, 0.3) is 0 Å². The first-order valence-corrected chi connectivity index (χ1v) is 10.3. The van der Waals surface area contributed by atoms with Crippen LogP contribution in [-0.4, -0.2) is 24.2 Å². The smallest absolute Gasteiger partial charge is 0.240 e. The molecule has 2 amide bonds. The Labute approximate surface area is 185 Å². The van der Waals surface area contributed by atoms with Gasteiger partial charge in [0.05, 0.1) is 12.4 Å². The Morgan fingerprint density at radius 1 is 0.741 bits per heavy atom. The molecule has 0 atom stereocenters. The number of carbonyl (C=O) groups is 2. The highest BCUT2D eigenvalue weighted by molar-refractivity contribution is 14.1. The van der Waals surface area contributed by atoms with E-state index < -0.39 is 0 Å². The fourth-order valence-corrected chi connectivity index (χ4v) is 2.70. The summed E-state index contributed by atoms with van der Waals surface area (Å²) in [7, 11) is 0. The number of carbonyl (C=O) groups excluding carboxylic acids is 2. The van der Waals surface area contributed by atoms with Crippen molar-refractivity contribution in [2.75, 3.05) is 0 Å². The van der Waals surface area contributed by atoms with Gasteiger partial charge in [-0.05, 0) is 87.0 Å². The van der Waals surface area contributed by atoms with E-state index in [1.165, 1.54) is 0 Å². The number of rotatable bonds is 8. The molecule has 2 N–H and O–H groups in total.